The van der Waals surface area contributed by atoms with Crippen molar-refractivity contribution in [2.45, 2.75) is 6.42 Å². The molecule has 0 aromatic carbocycles. The minimum absolute atomic E-state index is 0.191. The minimum Gasteiger partial charge on any atom is -0.469 e. The normalized spacial score (nSPS) is 10.3. The third-order valence-corrected chi connectivity index (χ3v) is 1.92. The van der Waals surface area contributed by atoms with E-state index in [1.807, 2.05) is 6.07 Å². The van der Waals surface area contributed by atoms with Crippen LogP contribution in [-0.2, 0) is 6.42 Å². The summed E-state index contributed by atoms with van der Waals surface area (Å²) in [7, 11) is 0. The van der Waals surface area contributed by atoms with E-state index in [2.05, 4.69) is 10.2 Å². The Kier molecular flexibility index (Phi) is 2.06. The lowest BCUT2D eigenvalue weighted by atomic mass is 10.1. The van der Waals surface area contributed by atoms with Crippen LogP contribution in [0.4, 0.5) is 5.69 Å². The molecule has 2 heterocycles. The number of aromatic amines is 1. The highest BCUT2D eigenvalue weighted by Gasteiger charge is 2.05. The van der Waals surface area contributed by atoms with Crippen molar-refractivity contribution in [2.75, 3.05) is 5.73 Å². The summed E-state index contributed by atoms with van der Waals surface area (Å²) in [5.41, 5.74) is 6.07. The highest BCUT2D eigenvalue weighted by atomic mass is 16.3. The zero-order valence-electron chi connectivity index (χ0n) is 7.36. The van der Waals surface area contributed by atoms with Gasteiger partial charge in [0.15, 0.2) is 0 Å². The van der Waals surface area contributed by atoms with Crippen LogP contribution >= 0.6 is 0 Å². The molecule has 2 aromatic heterocycles. The van der Waals surface area contributed by atoms with E-state index in [9.17, 15) is 4.79 Å². The lowest BCUT2D eigenvalue weighted by molar-refractivity contribution is 0.520. The molecule has 2 rings (SSSR count). The standard InChI is InChI=1S/C9H9N3O2/c10-8-6(5-11-12-9(8)13)4-7-2-1-3-14-7/h1-3,5H,4H2,(H2,10,11)(H,12,13). The Labute approximate surface area is 79.6 Å². The van der Waals surface area contributed by atoms with Gasteiger partial charge in [0.2, 0.25) is 0 Å². The van der Waals surface area contributed by atoms with Gasteiger partial charge < -0.3 is 10.2 Å². The zero-order valence-corrected chi connectivity index (χ0v) is 7.36. The molecule has 0 aliphatic carbocycles. The summed E-state index contributed by atoms with van der Waals surface area (Å²) in [4.78, 5) is 11.1. The summed E-state index contributed by atoms with van der Waals surface area (Å²) in [5, 5.41) is 5.92. The molecule has 0 saturated carbocycles. The van der Waals surface area contributed by atoms with Crippen LogP contribution in [0.5, 0.6) is 0 Å². The van der Waals surface area contributed by atoms with Crippen LogP contribution in [0.1, 0.15) is 11.3 Å². The van der Waals surface area contributed by atoms with Crippen LogP contribution in [0.2, 0.25) is 0 Å². The van der Waals surface area contributed by atoms with Crippen molar-refractivity contribution in [3.63, 3.8) is 0 Å². The molecule has 0 radical (unpaired) electrons. The molecule has 0 spiro atoms. The van der Waals surface area contributed by atoms with Crippen molar-refractivity contribution in [1.29, 1.82) is 0 Å². The van der Waals surface area contributed by atoms with E-state index in [1.54, 1.807) is 12.3 Å². The van der Waals surface area contributed by atoms with Gasteiger partial charge in [0.25, 0.3) is 5.56 Å². The fraction of sp³-hybridized carbons (Fsp3) is 0.111. The van der Waals surface area contributed by atoms with Crippen molar-refractivity contribution in [3.05, 3.63) is 46.3 Å². The number of nitrogens with one attached hydrogen (secondary N) is 1. The number of nitrogens with two attached hydrogens (primary N) is 1. The molecule has 5 nitrogen and oxygen atoms in total. The third-order valence-electron chi connectivity index (χ3n) is 1.92. The molecule has 3 N–H and O–H groups in total. The van der Waals surface area contributed by atoms with Crippen molar-refractivity contribution in [3.8, 4) is 0 Å². The first-order valence-corrected chi connectivity index (χ1v) is 4.12. The van der Waals surface area contributed by atoms with Crippen LogP contribution in [0.3, 0.4) is 0 Å². The maximum atomic E-state index is 11.1. The van der Waals surface area contributed by atoms with Crippen LogP contribution in [-0.4, -0.2) is 10.2 Å². The average molecular weight is 191 g/mol. The summed E-state index contributed by atoms with van der Waals surface area (Å²) in [5.74, 6) is 0.754. The first kappa shape index (κ1) is 8.55. The summed E-state index contributed by atoms with van der Waals surface area (Å²) in [6.07, 6.45) is 3.58. The molecule has 0 atom stereocenters. The second-order valence-corrected chi connectivity index (χ2v) is 2.89. The summed E-state index contributed by atoms with van der Waals surface area (Å²) < 4.78 is 5.14. The first-order valence-electron chi connectivity index (χ1n) is 4.12. The van der Waals surface area contributed by atoms with Crippen molar-refractivity contribution >= 4 is 5.69 Å². The maximum absolute atomic E-state index is 11.1. The quantitative estimate of drug-likeness (QED) is 0.725. The molecule has 0 aliphatic rings. The second-order valence-electron chi connectivity index (χ2n) is 2.89. The van der Waals surface area contributed by atoms with E-state index in [0.717, 1.165) is 5.76 Å². The zero-order chi connectivity index (χ0) is 9.97. The Morgan fingerprint density at radius 1 is 1.57 bits per heavy atom. The van der Waals surface area contributed by atoms with Gasteiger partial charge in [0, 0.05) is 12.0 Å². The highest BCUT2D eigenvalue weighted by molar-refractivity contribution is 5.43. The van der Waals surface area contributed by atoms with Gasteiger partial charge in [-0.2, -0.15) is 5.10 Å². The highest BCUT2D eigenvalue weighted by Crippen LogP contribution is 2.11. The lowest BCUT2D eigenvalue weighted by Gasteiger charge is -2.00. The maximum Gasteiger partial charge on any atom is 0.287 e. The molecular weight excluding hydrogens is 182 g/mol. The predicted molar refractivity (Wildman–Crippen MR) is 50.8 cm³/mol. The van der Waals surface area contributed by atoms with Crippen molar-refractivity contribution in [1.82, 2.24) is 10.2 Å². The molecule has 0 unspecified atom stereocenters. The van der Waals surface area contributed by atoms with Gasteiger partial charge in [0.1, 0.15) is 11.4 Å². The number of H-pyrrole nitrogens is 1. The lowest BCUT2D eigenvalue weighted by Crippen LogP contribution is -2.15. The Hall–Kier alpha value is -2.04. The van der Waals surface area contributed by atoms with Crippen LogP contribution < -0.4 is 11.3 Å². The monoisotopic (exact) mass is 191 g/mol. The summed E-state index contributed by atoms with van der Waals surface area (Å²) >= 11 is 0. The number of anilines is 1. The van der Waals surface area contributed by atoms with E-state index in [4.69, 9.17) is 10.2 Å². The molecule has 0 fully saturated rings. The Balaban J connectivity index is 2.34. The van der Waals surface area contributed by atoms with E-state index >= 15 is 0 Å². The number of furan rings is 1. The Morgan fingerprint density at radius 3 is 3.14 bits per heavy atom. The molecular formula is C9H9N3O2. The SMILES string of the molecule is Nc1c(Cc2ccco2)cn[nH]c1=O. The van der Waals surface area contributed by atoms with Gasteiger partial charge in [0.05, 0.1) is 12.5 Å². The smallest absolute Gasteiger partial charge is 0.287 e. The molecule has 2 aromatic rings. The van der Waals surface area contributed by atoms with Crippen LogP contribution in [0.15, 0.2) is 33.8 Å². The fourth-order valence-electron chi connectivity index (χ4n) is 1.19. The van der Waals surface area contributed by atoms with Crippen LogP contribution in [0.25, 0.3) is 0 Å². The van der Waals surface area contributed by atoms with Crippen LogP contribution in [0, 0.1) is 0 Å². The van der Waals surface area contributed by atoms with Crippen molar-refractivity contribution in [2.24, 2.45) is 0 Å². The van der Waals surface area contributed by atoms with E-state index in [0.29, 0.717) is 12.0 Å². The molecule has 72 valence electrons. The van der Waals surface area contributed by atoms with Gasteiger partial charge in [-0.15, -0.1) is 0 Å². The third kappa shape index (κ3) is 1.52. The molecule has 0 amide bonds. The molecule has 5 heteroatoms. The Bertz CT molecular complexity index is 473. The molecule has 0 saturated heterocycles. The van der Waals surface area contributed by atoms with E-state index in [-0.39, 0.29) is 11.2 Å². The van der Waals surface area contributed by atoms with Gasteiger partial charge in [-0.05, 0) is 12.1 Å². The number of hydrogen-bond acceptors (Lipinski definition) is 4. The first-order chi connectivity index (χ1) is 6.77. The van der Waals surface area contributed by atoms with Gasteiger partial charge in [-0.1, -0.05) is 0 Å². The van der Waals surface area contributed by atoms with Gasteiger partial charge >= 0.3 is 0 Å². The average Bonchev–Trinajstić information content (AvgIpc) is 2.66. The number of nitrogens with zero attached hydrogens (tertiary/aromatic N) is 1. The van der Waals surface area contributed by atoms with E-state index in [1.165, 1.54) is 6.20 Å². The number of rotatable bonds is 2. The summed E-state index contributed by atoms with van der Waals surface area (Å²) in [6, 6.07) is 3.60. The van der Waals surface area contributed by atoms with E-state index < -0.39 is 0 Å². The largest absolute Gasteiger partial charge is 0.469 e. The summed E-state index contributed by atoms with van der Waals surface area (Å²) in [6.45, 7) is 0. The number of nitrogen functional groups attached to an aromatic ring is 1. The number of aromatic nitrogens is 2. The minimum atomic E-state index is -0.367. The Morgan fingerprint density at radius 2 is 2.43 bits per heavy atom. The molecule has 14 heavy (non-hydrogen) atoms. The molecule has 0 aliphatic heterocycles. The molecule has 0 bridgehead atoms. The second kappa shape index (κ2) is 3.37. The van der Waals surface area contributed by atoms with Gasteiger partial charge in [-0.25, -0.2) is 5.10 Å². The van der Waals surface area contributed by atoms with Crippen molar-refractivity contribution < 1.29 is 4.42 Å². The topological polar surface area (TPSA) is 84.9 Å². The fourth-order valence-corrected chi connectivity index (χ4v) is 1.19. The van der Waals surface area contributed by atoms with Gasteiger partial charge in [-0.3, -0.25) is 4.79 Å². The predicted octanol–water partition coefficient (Wildman–Crippen LogP) is 0.536. The number of hydrogen-bond donors (Lipinski definition) is 2.